The quantitative estimate of drug-likeness (QED) is 0.623. The van der Waals surface area contributed by atoms with Crippen molar-refractivity contribution in [2.24, 2.45) is 0 Å². The lowest BCUT2D eigenvalue weighted by Gasteiger charge is -2.05. The normalized spacial score (nSPS) is 11.1. The first-order valence-corrected chi connectivity index (χ1v) is 7.18. The minimum atomic E-state index is -3.80. The highest BCUT2D eigenvalue weighted by Crippen LogP contribution is 2.17. The Bertz CT molecular complexity index is 596. The number of nitrogens with zero attached hydrogens (tertiary/aromatic N) is 1. The summed E-state index contributed by atoms with van der Waals surface area (Å²) in [5.41, 5.74) is 0. The molecule has 0 aliphatic heterocycles. The molecule has 0 radical (unpaired) electrons. The molecule has 0 spiro atoms. The van der Waals surface area contributed by atoms with Crippen LogP contribution in [0.1, 0.15) is 0 Å². The Hall–Kier alpha value is -1.15. The highest BCUT2D eigenvalue weighted by Gasteiger charge is 2.16. The van der Waals surface area contributed by atoms with E-state index in [-0.39, 0.29) is 10.8 Å². The molecule has 1 aromatic carbocycles. The van der Waals surface area contributed by atoms with Gasteiger partial charge in [-0.25, -0.2) is 4.98 Å². The Morgan fingerprint density at radius 3 is 2.35 bits per heavy atom. The van der Waals surface area contributed by atoms with Gasteiger partial charge in [0.05, 0.1) is 0 Å². The fourth-order valence-electron chi connectivity index (χ4n) is 1.16. The molecule has 0 aliphatic carbocycles. The average molecular weight is 361 g/mol. The van der Waals surface area contributed by atoms with Gasteiger partial charge in [-0.15, -0.1) is 0 Å². The Kier molecular flexibility index (Phi) is 3.63. The smallest absolute Gasteiger partial charge is 0.340 e. The second kappa shape index (κ2) is 5.01. The topological polar surface area (TPSA) is 56.3 Å². The van der Waals surface area contributed by atoms with E-state index in [0.717, 1.165) is 3.57 Å². The molecule has 1 aromatic heterocycles. The molecule has 17 heavy (non-hydrogen) atoms. The van der Waals surface area contributed by atoms with Crippen LogP contribution in [0.5, 0.6) is 5.88 Å². The van der Waals surface area contributed by atoms with Gasteiger partial charge < -0.3 is 4.18 Å². The first-order valence-electron chi connectivity index (χ1n) is 4.69. The third-order valence-electron chi connectivity index (χ3n) is 1.94. The van der Waals surface area contributed by atoms with E-state index in [4.69, 9.17) is 4.18 Å². The monoisotopic (exact) mass is 361 g/mol. The second-order valence-electron chi connectivity index (χ2n) is 3.16. The third kappa shape index (κ3) is 3.16. The Balaban J connectivity index is 2.29. The van der Waals surface area contributed by atoms with E-state index in [1.807, 2.05) is 0 Å². The maximum Gasteiger partial charge on any atom is 0.340 e. The zero-order chi connectivity index (χ0) is 12.3. The SMILES string of the molecule is O=S(=O)(Oc1ccccn1)c1ccc(I)cc1. The number of pyridine rings is 1. The van der Waals surface area contributed by atoms with Gasteiger partial charge in [0.1, 0.15) is 4.90 Å². The summed E-state index contributed by atoms with van der Waals surface area (Å²) in [7, 11) is -3.80. The number of hydrogen-bond donors (Lipinski definition) is 0. The summed E-state index contributed by atoms with van der Waals surface area (Å²) in [5, 5.41) is 0. The molecule has 0 aliphatic rings. The van der Waals surface area contributed by atoms with E-state index < -0.39 is 10.1 Å². The van der Waals surface area contributed by atoms with E-state index in [1.54, 1.807) is 24.3 Å². The molecule has 4 nitrogen and oxygen atoms in total. The number of aromatic nitrogens is 1. The lowest BCUT2D eigenvalue weighted by atomic mass is 10.4. The molecule has 0 bridgehead atoms. The van der Waals surface area contributed by atoms with Crippen molar-refractivity contribution in [2.45, 2.75) is 4.90 Å². The van der Waals surface area contributed by atoms with Gasteiger partial charge in [-0.05, 0) is 52.9 Å². The van der Waals surface area contributed by atoms with Crippen LogP contribution in [-0.2, 0) is 10.1 Å². The molecule has 2 aromatic rings. The first-order chi connectivity index (χ1) is 8.08. The van der Waals surface area contributed by atoms with Crippen LogP contribution in [-0.4, -0.2) is 13.4 Å². The Morgan fingerprint density at radius 2 is 1.76 bits per heavy atom. The summed E-state index contributed by atoms with van der Waals surface area (Å²) in [4.78, 5) is 3.92. The maximum absolute atomic E-state index is 11.8. The van der Waals surface area contributed by atoms with Gasteiger partial charge in [0.25, 0.3) is 0 Å². The summed E-state index contributed by atoms with van der Waals surface area (Å²) >= 11 is 2.10. The molecule has 0 amide bonds. The predicted molar refractivity (Wildman–Crippen MR) is 71.2 cm³/mol. The number of halogens is 1. The molecule has 0 saturated carbocycles. The Labute approximate surface area is 113 Å². The number of rotatable bonds is 3. The van der Waals surface area contributed by atoms with E-state index in [2.05, 4.69) is 27.6 Å². The van der Waals surface area contributed by atoms with Crippen molar-refractivity contribution in [3.8, 4) is 5.88 Å². The Morgan fingerprint density at radius 1 is 1.06 bits per heavy atom. The average Bonchev–Trinajstić information content (AvgIpc) is 2.30. The van der Waals surface area contributed by atoms with Crippen LogP contribution in [0.15, 0.2) is 53.6 Å². The van der Waals surface area contributed by atoms with Crippen LogP contribution in [0.25, 0.3) is 0 Å². The van der Waals surface area contributed by atoms with Crippen molar-refractivity contribution in [3.63, 3.8) is 0 Å². The van der Waals surface area contributed by atoms with Crippen molar-refractivity contribution in [3.05, 3.63) is 52.2 Å². The van der Waals surface area contributed by atoms with Crippen molar-refractivity contribution < 1.29 is 12.6 Å². The molecule has 1 heterocycles. The highest BCUT2D eigenvalue weighted by molar-refractivity contribution is 14.1. The van der Waals surface area contributed by atoms with Crippen LogP contribution in [0.2, 0.25) is 0 Å². The number of hydrogen-bond acceptors (Lipinski definition) is 4. The summed E-state index contributed by atoms with van der Waals surface area (Å²) < 4.78 is 29.5. The van der Waals surface area contributed by atoms with Gasteiger partial charge in [-0.2, -0.15) is 8.42 Å². The number of benzene rings is 1. The van der Waals surface area contributed by atoms with Gasteiger partial charge in [0.2, 0.25) is 5.88 Å². The van der Waals surface area contributed by atoms with Gasteiger partial charge in [-0.1, -0.05) is 6.07 Å². The molecular weight excluding hydrogens is 353 g/mol. The van der Waals surface area contributed by atoms with Crippen molar-refractivity contribution in [2.75, 3.05) is 0 Å². The molecule has 88 valence electrons. The molecule has 0 atom stereocenters. The molecule has 6 heteroatoms. The van der Waals surface area contributed by atoms with Gasteiger partial charge >= 0.3 is 10.1 Å². The molecule has 0 unspecified atom stereocenters. The van der Waals surface area contributed by atoms with Gasteiger partial charge in [0, 0.05) is 15.8 Å². The third-order valence-corrected chi connectivity index (χ3v) is 3.89. The van der Waals surface area contributed by atoms with Gasteiger partial charge in [-0.3, -0.25) is 0 Å². The summed E-state index contributed by atoms with van der Waals surface area (Å²) in [6, 6.07) is 11.2. The molecule has 2 rings (SSSR count). The van der Waals surface area contributed by atoms with Crippen molar-refractivity contribution in [1.82, 2.24) is 4.98 Å². The highest BCUT2D eigenvalue weighted by atomic mass is 127. The summed E-state index contributed by atoms with van der Waals surface area (Å²) in [5.74, 6) is 0.0612. The molecular formula is C11H8INO3S. The molecule has 0 saturated heterocycles. The minimum Gasteiger partial charge on any atom is -0.358 e. The van der Waals surface area contributed by atoms with Crippen LogP contribution in [0.4, 0.5) is 0 Å². The van der Waals surface area contributed by atoms with Crippen LogP contribution >= 0.6 is 22.6 Å². The second-order valence-corrected chi connectivity index (χ2v) is 5.95. The first kappa shape index (κ1) is 12.3. The van der Waals surface area contributed by atoms with Crippen LogP contribution in [0.3, 0.4) is 0 Å². The standard InChI is InChI=1S/C11H8INO3S/c12-9-4-6-10(7-5-9)17(14,15)16-11-3-1-2-8-13-11/h1-8H. The van der Waals surface area contributed by atoms with Gasteiger partial charge in [0.15, 0.2) is 0 Å². The van der Waals surface area contributed by atoms with E-state index in [1.165, 1.54) is 24.4 Å². The minimum absolute atomic E-state index is 0.0612. The summed E-state index contributed by atoms with van der Waals surface area (Å²) in [6.45, 7) is 0. The zero-order valence-corrected chi connectivity index (χ0v) is 11.6. The lowest BCUT2D eigenvalue weighted by molar-refractivity contribution is 0.476. The van der Waals surface area contributed by atoms with E-state index in [9.17, 15) is 8.42 Å². The van der Waals surface area contributed by atoms with E-state index in [0.29, 0.717) is 0 Å². The van der Waals surface area contributed by atoms with Crippen LogP contribution in [0, 0.1) is 3.57 Å². The molecule has 0 N–H and O–H groups in total. The fraction of sp³-hybridized carbons (Fsp3) is 0. The largest absolute Gasteiger partial charge is 0.358 e. The lowest BCUT2D eigenvalue weighted by Crippen LogP contribution is -2.10. The zero-order valence-electron chi connectivity index (χ0n) is 8.58. The molecule has 0 fully saturated rings. The van der Waals surface area contributed by atoms with Crippen LogP contribution < -0.4 is 4.18 Å². The van der Waals surface area contributed by atoms with Crippen molar-refractivity contribution in [1.29, 1.82) is 0 Å². The van der Waals surface area contributed by atoms with Crippen molar-refractivity contribution >= 4 is 32.7 Å². The summed E-state index contributed by atoms with van der Waals surface area (Å²) in [6.07, 6.45) is 1.47. The predicted octanol–water partition coefficient (Wildman–Crippen LogP) is 2.45. The fourth-order valence-corrected chi connectivity index (χ4v) is 2.41. The maximum atomic E-state index is 11.8. The van der Waals surface area contributed by atoms with E-state index >= 15 is 0 Å².